The summed E-state index contributed by atoms with van der Waals surface area (Å²) in [4.78, 5) is 27.7. The van der Waals surface area contributed by atoms with Gasteiger partial charge in [0, 0.05) is 23.1 Å². The van der Waals surface area contributed by atoms with E-state index >= 15 is 0 Å². The first-order valence-corrected chi connectivity index (χ1v) is 9.19. The zero-order chi connectivity index (χ0) is 21.9. The molecule has 10 heteroatoms. The predicted octanol–water partition coefficient (Wildman–Crippen LogP) is 4.39. The van der Waals surface area contributed by atoms with Crippen LogP contribution in [0.15, 0.2) is 54.7 Å². The highest BCUT2D eigenvalue weighted by Gasteiger charge is 2.28. The Labute approximate surface area is 174 Å². The van der Waals surface area contributed by atoms with Gasteiger partial charge in [0.25, 0.3) is 11.8 Å². The van der Waals surface area contributed by atoms with Gasteiger partial charge in [-0.25, -0.2) is 0 Å². The van der Waals surface area contributed by atoms with Crippen LogP contribution >= 0.6 is 12.2 Å². The van der Waals surface area contributed by atoms with Crippen LogP contribution in [0.1, 0.15) is 26.4 Å². The number of aromatic amines is 1. The molecule has 2 aromatic carbocycles. The minimum Gasteiger partial charge on any atom is -0.343 e. The van der Waals surface area contributed by atoms with Crippen LogP contribution in [0.4, 0.5) is 18.9 Å². The number of amides is 2. The summed E-state index contributed by atoms with van der Waals surface area (Å²) < 4.78 is 38.9. The van der Waals surface area contributed by atoms with Gasteiger partial charge in [0.1, 0.15) is 12.2 Å². The largest absolute Gasteiger partial charge is 0.405 e. The predicted molar refractivity (Wildman–Crippen MR) is 108 cm³/mol. The van der Waals surface area contributed by atoms with Crippen molar-refractivity contribution in [1.82, 2.24) is 14.9 Å². The van der Waals surface area contributed by atoms with Gasteiger partial charge in [-0.05, 0) is 49.0 Å². The lowest BCUT2D eigenvalue weighted by molar-refractivity contribution is -0.123. The number of nitrogens with one attached hydrogen (secondary N) is 3. The van der Waals surface area contributed by atoms with E-state index in [-0.39, 0.29) is 11.3 Å². The fourth-order valence-electron chi connectivity index (χ4n) is 2.74. The molecule has 3 aromatic rings. The average molecular weight is 434 g/mol. The Kier molecular flexibility index (Phi) is 6.06. The van der Waals surface area contributed by atoms with Crippen molar-refractivity contribution in [2.45, 2.75) is 13.1 Å². The maximum absolute atomic E-state index is 12.9. The van der Waals surface area contributed by atoms with E-state index in [1.165, 1.54) is 18.3 Å². The number of halogens is 3. The molecule has 0 bridgehead atoms. The Hall–Kier alpha value is -3.40. The standard InChI is InChI=1S/C20H17F3N4O2S/c1-12-7-8-13(17(28)25-11-20(21,22)23)9-15(12)26-18(29)16-10-24-19(30)27(16)14-5-3-2-4-6-14/h2-10H,11H2,1H3,(H,24,30)(H,25,28)(H,26,29). The number of para-hydroxylation sites is 1. The molecule has 30 heavy (non-hydrogen) atoms. The molecule has 0 aliphatic rings. The fourth-order valence-corrected chi connectivity index (χ4v) is 3.00. The third-order valence-electron chi connectivity index (χ3n) is 4.22. The topological polar surface area (TPSA) is 78.9 Å². The zero-order valence-corrected chi connectivity index (χ0v) is 16.5. The second-order valence-electron chi connectivity index (χ2n) is 6.43. The lowest BCUT2D eigenvalue weighted by Gasteiger charge is -2.13. The molecule has 2 amide bonds. The number of hydrogen-bond donors (Lipinski definition) is 3. The molecule has 0 radical (unpaired) electrons. The molecule has 0 unspecified atom stereocenters. The van der Waals surface area contributed by atoms with Crippen molar-refractivity contribution in [3.63, 3.8) is 0 Å². The van der Waals surface area contributed by atoms with Gasteiger partial charge in [0.15, 0.2) is 4.77 Å². The minimum atomic E-state index is -4.52. The fraction of sp³-hybridized carbons (Fsp3) is 0.150. The van der Waals surface area contributed by atoms with E-state index in [1.54, 1.807) is 47.1 Å². The van der Waals surface area contributed by atoms with Crippen LogP contribution in [0.3, 0.4) is 0 Å². The van der Waals surface area contributed by atoms with Gasteiger partial charge in [-0.1, -0.05) is 24.3 Å². The monoisotopic (exact) mass is 434 g/mol. The summed E-state index contributed by atoms with van der Waals surface area (Å²) in [6.45, 7) is 0.261. The van der Waals surface area contributed by atoms with Gasteiger partial charge >= 0.3 is 6.18 Å². The molecule has 0 fully saturated rings. The van der Waals surface area contributed by atoms with Crippen LogP contribution in [0.5, 0.6) is 0 Å². The van der Waals surface area contributed by atoms with Crippen molar-refractivity contribution in [3.05, 3.63) is 76.3 Å². The molecule has 0 saturated carbocycles. The maximum atomic E-state index is 12.9. The number of aromatic nitrogens is 2. The van der Waals surface area contributed by atoms with Crippen molar-refractivity contribution in [1.29, 1.82) is 0 Å². The Morgan fingerprint density at radius 2 is 1.80 bits per heavy atom. The van der Waals surface area contributed by atoms with E-state index < -0.39 is 24.5 Å². The first kappa shape index (κ1) is 21.3. The SMILES string of the molecule is Cc1ccc(C(=O)NCC(F)(F)F)cc1NC(=O)c1c[nH]c(=S)n1-c1ccccc1. The van der Waals surface area contributed by atoms with Crippen LogP contribution < -0.4 is 10.6 Å². The quantitative estimate of drug-likeness (QED) is 0.521. The number of nitrogens with zero attached hydrogens (tertiary/aromatic N) is 1. The van der Waals surface area contributed by atoms with Gasteiger partial charge in [-0.3, -0.25) is 14.2 Å². The summed E-state index contributed by atoms with van der Waals surface area (Å²) in [7, 11) is 0. The Morgan fingerprint density at radius 3 is 2.47 bits per heavy atom. The van der Waals surface area contributed by atoms with Gasteiger partial charge in [-0.2, -0.15) is 13.2 Å². The number of anilines is 1. The first-order valence-electron chi connectivity index (χ1n) is 8.78. The van der Waals surface area contributed by atoms with E-state index in [1.807, 2.05) is 6.07 Å². The molecule has 3 N–H and O–H groups in total. The second-order valence-corrected chi connectivity index (χ2v) is 6.82. The molecule has 0 aliphatic carbocycles. The Bertz CT molecular complexity index is 1140. The van der Waals surface area contributed by atoms with Crippen LogP contribution in [0.2, 0.25) is 0 Å². The summed E-state index contributed by atoms with van der Waals surface area (Å²) in [5.74, 6) is -1.39. The van der Waals surface area contributed by atoms with Gasteiger partial charge < -0.3 is 15.6 Å². The Balaban J connectivity index is 1.85. The molecule has 0 saturated heterocycles. The molecule has 6 nitrogen and oxygen atoms in total. The molecule has 0 atom stereocenters. The highest BCUT2D eigenvalue weighted by molar-refractivity contribution is 7.71. The minimum absolute atomic E-state index is 0.00545. The van der Waals surface area contributed by atoms with Crippen molar-refractivity contribution in [3.8, 4) is 5.69 Å². The zero-order valence-electron chi connectivity index (χ0n) is 15.7. The molecule has 1 heterocycles. The van der Waals surface area contributed by atoms with Gasteiger partial charge in [-0.15, -0.1) is 0 Å². The number of carbonyl (C=O) groups is 2. The van der Waals surface area contributed by atoms with Gasteiger partial charge in [0.2, 0.25) is 0 Å². The van der Waals surface area contributed by atoms with Gasteiger partial charge in [0.05, 0.1) is 0 Å². The Morgan fingerprint density at radius 1 is 1.10 bits per heavy atom. The maximum Gasteiger partial charge on any atom is 0.405 e. The molecular weight excluding hydrogens is 417 g/mol. The normalized spacial score (nSPS) is 11.2. The van der Waals surface area contributed by atoms with Crippen LogP contribution in [0, 0.1) is 11.7 Å². The van der Waals surface area contributed by atoms with E-state index in [0.717, 1.165) is 0 Å². The lowest BCUT2D eigenvalue weighted by Crippen LogP contribution is -2.33. The average Bonchev–Trinajstić information content (AvgIpc) is 3.09. The number of aryl methyl sites for hydroxylation is 1. The number of rotatable bonds is 5. The van der Waals surface area contributed by atoms with E-state index in [0.29, 0.717) is 21.7 Å². The summed E-state index contributed by atoms with van der Waals surface area (Å²) in [6, 6.07) is 13.3. The lowest BCUT2D eigenvalue weighted by atomic mass is 10.1. The van der Waals surface area contributed by atoms with Crippen molar-refractivity contribution >= 4 is 29.7 Å². The molecule has 0 aliphatic heterocycles. The van der Waals surface area contributed by atoms with Crippen LogP contribution in [-0.4, -0.2) is 34.1 Å². The van der Waals surface area contributed by atoms with E-state index in [2.05, 4.69) is 10.3 Å². The van der Waals surface area contributed by atoms with E-state index in [9.17, 15) is 22.8 Å². The number of alkyl halides is 3. The summed E-state index contributed by atoms with van der Waals surface area (Å²) in [6.07, 6.45) is -3.06. The summed E-state index contributed by atoms with van der Waals surface area (Å²) >= 11 is 5.26. The molecule has 3 rings (SSSR count). The van der Waals surface area contributed by atoms with Crippen molar-refractivity contribution in [2.24, 2.45) is 0 Å². The highest BCUT2D eigenvalue weighted by atomic mass is 32.1. The molecular formula is C20H17F3N4O2S. The number of H-pyrrole nitrogens is 1. The first-order chi connectivity index (χ1) is 14.2. The van der Waals surface area contributed by atoms with Crippen molar-refractivity contribution < 1.29 is 22.8 Å². The number of carbonyl (C=O) groups excluding carboxylic acids is 2. The van der Waals surface area contributed by atoms with Crippen LogP contribution in [0.25, 0.3) is 5.69 Å². The highest BCUT2D eigenvalue weighted by Crippen LogP contribution is 2.20. The van der Waals surface area contributed by atoms with Crippen LogP contribution in [-0.2, 0) is 0 Å². The third-order valence-corrected chi connectivity index (χ3v) is 4.52. The molecule has 1 aromatic heterocycles. The number of benzene rings is 2. The number of imidazole rings is 1. The second kappa shape index (κ2) is 8.54. The number of hydrogen-bond acceptors (Lipinski definition) is 3. The molecule has 156 valence electrons. The third kappa shape index (κ3) is 4.95. The van der Waals surface area contributed by atoms with Crippen molar-refractivity contribution in [2.75, 3.05) is 11.9 Å². The molecule has 0 spiro atoms. The smallest absolute Gasteiger partial charge is 0.343 e. The summed E-state index contributed by atoms with van der Waals surface area (Å²) in [5.41, 5.74) is 1.85. The summed E-state index contributed by atoms with van der Waals surface area (Å²) in [5, 5.41) is 4.49. The van der Waals surface area contributed by atoms with E-state index in [4.69, 9.17) is 12.2 Å².